The summed E-state index contributed by atoms with van der Waals surface area (Å²) >= 11 is 1.27. The monoisotopic (exact) mass is 401 g/mol. The molecule has 28 heavy (non-hydrogen) atoms. The van der Waals surface area contributed by atoms with Gasteiger partial charge in [-0.15, -0.1) is 11.3 Å². The van der Waals surface area contributed by atoms with Crippen LogP contribution in [0.15, 0.2) is 53.9 Å². The molecule has 0 unspecified atom stereocenters. The van der Waals surface area contributed by atoms with Gasteiger partial charge in [-0.25, -0.2) is 9.37 Å². The Hall–Kier alpha value is -3.17. The Labute approximate surface area is 164 Å². The van der Waals surface area contributed by atoms with E-state index in [0.717, 1.165) is 0 Å². The maximum Gasteiger partial charge on any atom is 0.269 e. The topological polar surface area (TPSA) is 85.6 Å². The van der Waals surface area contributed by atoms with Gasteiger partial charge in [-0.1, -0.05) is 0 Å². The van der Waals surface area contributed by atoms with Crippen LogP contribution in [0.25, 0.3) is 11.3 Å². The first-order valence-electron chi connectivity index (χ1n) is 8.26. The molecule has 3 rings (SSSR count). The van der Waals surface area contributed by atoms with Gasteiger partial charge < -0.3 is 4.74 Å². The number of hydrogen-bond donors (Lipinski definition) is 0. The van der Waals surface area contributed by atoms with Crippen LogP contribution in [0.2, 0.25) is 0 Å². The minimum atomic E-state index is -0.468. The highest BCUT2D eigenvalue weighted by Gasteiger charge is 2.21. The van der Waals surface area contributed by atoms with Gasteiger partial charge in [-0.3, -0.25) is 19.8 Å². The number of benzene rings is 2. The number of amides is 1. The van der Waals surface area contributed by atoms with E-state index in [1.54, 1.807) is 17.5 Å². The standard InChI is InChI=1S/C19H16FN3O4S/c1-27-11-10-22(18(24)14-2-6-15(20)7-3-14)19-21-17(12-28-19)13-4-8-16(9-5-13)23(25)26/h2-9,12H,10-11H2,1H3. The van der Waals surface area contributed by atoms with Crippen molar-refractivity contribution in [2.45, 2.75) is 0 Å². The van der Waals surface area contributed by atoms with Crippen molar-refractivity contribution in [3.63, 3.8) is 0 Å². The Morgan fingerprint density at radius 1 is 1.21 bits per heavy atom. The maximum atomic E-state index is 13.1. The number of carbonyl (C=O) groups is 1. The van der Waals surface area contributed by atoms with E-state index >= 15 is 0 Å². The van der Waals surface area contributed by atoms with Crippen LogP contribution < -0.4 is 4.90 Å². The molecule has 1 heterocycles. The molecule has 1 aromatic heterocycles. The van der Waals surface area contributed by atoms with Crippen molar-refractivity contribution in [2.75, 3.05) is 25.2 Å². The average Bonchev–Trinajstić information content (AvgIpc) is 3.18. The minimum Gasteiger partial charge on any atom is -0.383 e. The van der Waals surface area contributed by atoms with Crippen molar-refractivity contribution < 1.29 is 18.8 Å². The van der Waals surface area contributed by atoms with Crippen molar-refractivity contribution in [1.82, 2.24) is 4.98 Å². The lowest BCUT2D eigenvalue weighted by Gasteiger charge is -2.19. The van der Waals surface area contributed by atoms with Gasteiger partial charge in [0.05, 0.1) is 23.8 Å². The molecule has 0 saturated heterocycles. The Morgan fingerprint density at radius 3 is 2.50 bits per heavy atom. The van der Waals surface area contributed by atoms with E-state index in [9.17, 15) is 19.3 Å². The van der Waals surface area contributed by atoms with Crippen molar-refractivity contribution >= 4 is 28.1 Å². The number of hydrogen-bond acceptors (Lipinski definition) is 6. The SMILES string of the molecule is COCCN(C(=O)c1ccc(F)cc1)c1nc(-c2ccc([N+](=O)[O-])cc2)cs1. The van der Waals surface area contributed by atoms with Gasteiger partial charge in [-0.2, -0.15) is 0 Å². The number of non-ortho nitro benzene ring substituents is 1. The molecule has 7 nitrogen and oxygen atoms in total. The van der Waals surface area contributed by atoms with E-state index in [1.807, 2.05) is 0 Å². The molecule has 1 amide bonds. The summed E-state index contributed by atoms with van der Waals surface area (Å²) in [5, 5.41) is 13.0. The lowest BCUT2D eigenvalue weighted by Crippen LogP contribution is -2.33. The molecule has 3 aromatic rings. The fraction of sp³-hybridized carbons (Fsp3) is 0.158. The number of halogens is 1. The molecule has 0 spiro atoms. The highest BCUT2D eigenvalue weighted by molar-refractivity contribution is 7.14. The zero-order valence-corrected chi connectivity index (χ0v) is 15.7. The molecule has 0 N–H and O–H groups in total. The number of nitrogens with zero attached hydrogens (tertiary/aromatic N) is 3. The normalized spacial score (nSPS) is 10.6. The first-order chi connectivity index (χ1) is 13.5. The van der Waals surface area contributed by atoms with Crippen molar-refractivity contribution in [3.05, 3.63) is 75.4 Å². The quantitative estimate of drug-likeness (QED) is 0.439. The number of anilines is 1. The highest BCUT2D eigenvalue weighted by atomic mass is 32.1. The van der Waals surface area contributed by atoms with Crippen LogP contribution in [0.3, 0.4) is 0 Å². The predicted molar refractivity (Wildman–Crippen MR) is 104 cm³/mol. The highest BCUT2D eigenvalue weighted by Crippen LogP contribution is 2.29. The Balaban J connectivity index is 1.88. The summed E-state index contributed by atoms with van der Waals surface area (Å²) < 4.78 is 18.2. The molecular weight excluding hydrogens is 385 g/mol. The molecule has 9 heteroatoms. The summed E-state index contributed by atoms with van der Waals surface area (Å²) in [6, 6.07) is 11.3. The van der Waals surface area contributed by atoms with E-state index in [0.29, 0.717) is 28.6 Å². The molecular formula is C19H16FN3O4S. The Kier molecular flexibility index (Phi) is 6.07. The van der Waals surface area contributed by atoms with Crippen LogP contribution in [-0.2, 0) is 4.74 Å². The zero-order valence-electron chi connectivity index (χ0n) is 14.9. The number of rotatable bonds is 7. The van der Waals surface area contributed by atoms with Gasteiger partial charge in [0.25, 0.3) is 11.6 Å². The van der Waals surface area contributed by atoms with Gasteiger partial charge in [0.15, 0.2) is 5.13 Å². The van der Waals surface area contributed by atoms with Gasteiger partial charge >= 0.3 is 0 Å². The Bertz CT molecular complexity index is 974. The number of methoxy groups -OCH3 is 1. The summed E-state index contributed by atoms with van der Waals surface area (Å²) in [6.07, 6.45) is 0. The number of thiazole rings is 1. The fourth-order valence-electron chi connectivity index (χ4n) is 2.49. The second-order valence-electron chi connectivity index (χ2n) is 5.78. The number of carbonyl (C=O) groups excluding carboxylic acids is 1. The first kappa shape index (κ1) is 19.6. The van der Waals surface area contributed by atoms with Crippen molar-refractivity contribution in [2.24, 2.45) is 0 Å². The number of aromatic nitrogens is 1. The lowest BCUT2D eigenvalue weighted by molar-refractivity contribution is -0.384. The lowest BCUT2D eigenvalue weighted by atomic mass is 10.1. The second kappa shape index (κ2) is 8.68. The molecule has 0 aliphatic rings. The first-order valence-corrected chi connectivity index (χ1v) is 9.14. The van der Waals surface area contributed by atoms with E-state index in [2.05, 4.69) is 4.98 Å². The number of nitro benzene ring substituents is 1. The third-order valence-corrected chi connectivity index (χ3v) is 4.82. The predicted octanol–water partition coefficient (Wildman–Crippen LogP) is 4.15. The average molecular weight is 401 g/mol. The smallest absolute Gasteiger partial charge is 0.269 e. The van der Waals surface area contributed by atoms with E-state index in [1.165, 1.54) is 59.7 Å². The van der Waals surface area contributed by atoms with Crippen LogP contribution >= 0.6 is 11.3 Å². The van der Waals surface area contributed by atoms with Crippen molar-refractivity contribution in [3.8, 4) is 11.3 Å². The zero-order chi connectivity index (χ0) is 20.1. The third kappa shape index (κ3) is 4.38. The molecule has 0 radical (unpaired) electrons. The van der Waals surface area contributed by atoms with Crippen LogP contribution in [0, 0.1) is 15.9 Å². The van der Waals surface area contributed by atoms with Crippen molar-refractivity contribution in [1.29, 1.82) is 0 Å². The molecule has 0 aliphatic heterocycles. The summed E-state index contributed by atoms with van der Waals surface area (Å²) in [4.78, 5) is 29.2. The summed E-state index contributed by atoms with van der Waals surface area (Å²) in [5.74, 6) is -0.739. The van der Waals surface area contributed by atoms with Crippen LogP contribution in [-0.4, -0.2) is 36.1 Å². The summed E-state index contributed by atoms with van der Waals surface area (Å²) in [6.45, 7) is 0.583. The van der Waals surface area contributed by atoms with Crippen LogP contribution in [0.4, 0.5) is 15.2 Å². The number of ether oxygens (including phenoxy) is 1. The van der Waals surface area contributed by atoms with Gasteiger partial charge in [0, 0.05) is 35.7 Å². The van der Waals surface area contributed by atoms with E-state index in [4.69, 9.17) is 4.74 Å². The summed E-state index contributed by atoms with van der Waals surface area (Å²) in [5.41, 5.74) is 1.63. The van der Waals surface area contributed by atoms with Gasteiger partial charge in [0.1, 0.15) is 5.82 Å². The molecule has 0 bridgehead atoms. The van der Waals surface area contributed by atoms with E-state index in [-0.39, 0.29) is 18.1 Å². The maximum absolute atomic E-state index is 13.1. The van der Waals surface area contributed by atoms with Gasteiger partial charge in [-0.05, 0) is 36.4 Å². The summed E-state index contributed by atoms with van der Waals surface area (Å²) in [7, 11) is 1.53. The van der Waals surface area contributed by atoms with Gasteiger partial charge in [0.2, 0.25) is 0 Å². The fourth-order valence-corrected chi connectivity index (χ4v) is 3.35. The third-order valence-electron chi connectivity index (χ3n) is 3.95. The molecule has 0 atom stereocenters. The van der Waals surface area contributed by atoms with Crippen LogP contribution in [0.5, 0.6) is 0 Å². The largest absolute Gasteiger partial charge is 0.383 e. The molecule has 144 valence electrons. The van der Waals surface area contributed by atoms with Crippen LogP contribution in [0.1, 0.15) is 10.4 Å². The van der Waals surface area contributed by atoms with E-state index < -0.39 is 10.7 Å². The minimum absolute atomic E-state index is 0.00703. The Morgan fingerprint density at radius 2 is 1.89 bits per heavy atom. The molecule has 0 saturated carbocycles. The molecule has 2 aromatic carbocycles. The molecule has 0 aliphatic carbocycles. The molecule has 0 fully saturated rings. The second-order valence-corrected chi connectivity index (χ2v) is 6.61. The number of nitro groups is 1.